The SMILES string of the molecule is COCCOc1cccc(/C=C/C(=O)c2ccc(Cl)s2)c1. The van der Waals surface area contributed by atoms with Crippen molar-refractivity contribution >= 4 is 34.8 Å². The molecule has 2 rings (SSSR count). The average Bonchev–Trinajstić information content (AvgIpc) is 2.92. The van der Waals surface area contributed by atoms with Crippen molar-refractivity contribution in [1.29, 1.82) is 0 Å². The summed E-state index contributed by atoms with van der Waals surface area (Å²) >= 11 is 7.09. The maximum Gasteiger partial charge on any atom is 0.195 e. The van der Waals surface area contributed by atoms with Gasteiger partial charge in [-0.05, 0) is 35.9 Å². The summed E-state index contributed by atoms with van der Waals surface area (Å²) in [5.74, 6) is 0.693. The maximum absolute atomic E-state index is 11.9. The van der Waals surface area contributed by atoms with E-state index in [-0.39, 0.29) is 5.78 Å². The molecule has 0 bridgehead atoms. The molecule has 0 unspecified atom stereocenters. The summed E-state index contributed by atoms with van der Waals surface area (Å²) in [5.41, 5.74) is 0.904. The monoisotopic (exact) mass is 322 g/mol. The minimum absolute atomic E-state index is 0.0578. The molecule has 5 heteroatoms. The number of thiophene rings is 1. The van der Waals surface area contributed by atoms with E-state index in [2.05, 4.69) is 0 Å². The van der Waals surface area contributed by atoms with Crippen LogP contribution in [-0.4, -0.2) is 26.1 Å². The Kier molecular flexibility index (Phi) is 5.99. The highest BCUT2D eigenvalue weighted by Gasteiger charge is 2.04. The molecule has 1 aromatic heterocycles. The van der Waals surface area contributed by atoms with E-state index < -0.39 is 0 Å². The van der Waals surface area contributed by atoms with E-state index in [0.29, 0.717) is 22.4 Å². The van der Waals surface area contributed by atoms with Crippen molar-refractivity contribution in [3.63, 3.8) is 0 Å². The molecule has 0 N–H and O–H groups in total. The Bertz CT molecular complexity index is 634. The Morgan fingerprint density at radius 1 is 1.29 bits per heavy atom. The van der Waals surface area contributed by atoms with Gasteiger partial charge in [0.25, 0.3) is 0 Å². The third-order valence-electron chi connectivity index (χ3n) is 2.66. The van der Waals surface area contributed by atoms with Gasteiger partial charge in [-0.3, -0.25) is 4.79 Å². The van der Waals surface area contributed by atoms with Crippen molar-refractivity contribution in [2.24, 2.45) is 0 Å². The summed E-state index contributed by atoms with van der Waals surface area (Å²) in [4.78, 5) is 12.6. The van der Waals surface area contributed by atoms with Gasteiger partial charge in [0.15, 0.2) is 5.78 Å². The second-order valence-electron chi connectivity index (χ2n) is 4.22. The first-order valence-electron chi connectivity index (χ1n) is 6.38. The van der Waals surface area contributed by atoms with Gasteiger partial charge in [-0.1, -0.05) is 29.8 Å². The minimum Gasteiger partial charge on any atom is -0.491 e. The van der Waals surface area contributed by atoms with E-state index in [9.17, 15) is 4.79 Å². The quantitative estimate of drug-likeness (QED) is 0.432. The molecule has 0 amide bonds. The summed E-state index contributed by atoms with van der Waals surface area (Å²) in [5, 5.41) is 0. The van der Waals surface area contributed by atoms with Gasteiger partial charge >= 0.3 is 0 Å². The zero-order chi connectivity index (χ0) is 15.1. The largest absolute Gasteiger partial charge is 0.491 e. The first kappa shape index (κ1) is 15.8. The molecule has 1 heterocycles. The molecule has 21 heavy (non-hydrogen) atoms. The molecule has 0 fully saturated rings. The van der Waals surface area contributed by atoms with Crippen molar-refractivity contribution < 1.29 is 14.3 Å². The molecule has 0 aliphatic carbocycles. The van der Waals surface area contributed by atoms with Crippen LogP contribution in [0.1, 0.15) is 15.2 Å². The minimum atomic E-state index is -0.0578. The molecule has 0 aliphatic heterocycles. The predicted molar refractivity (Wildman–Crippen MR) is 86.5 cm³/mol. The van der Waals surface area contributed by atoms with Gasteiger partial charge in [0, 0.05) is 7.11 Å². The molecule has 0 saturated heterocycles. The molecule has 3 nitrogen and oxygen atoms in total. The van der Waals surface area contributed by atoms with Crippen molar-refractivity contribution in [3.05, 3.63) is 57.3 Å². The Morgan fingerprint density at radius 2 is 2.14 bits per heavy atom. The number of methoxy groups -OCH3 is 1. The maximum atomic E-state index is 11.9. The zero-order valence-electron chi connectivity index (χ0n) is 11.5. The van der Waals surface area contributed by atoms with Crippen LogP contribution in [0.3, 0.4) is 0 Å². The van der Waals surface area contributed by atoms with Crippen LogP contribution >= 0.6 is 22.9 Å². The average molecular weight is 323 g/mol. The van der Waals surface area contributed by atoms with Gasteiger partial charge in [0.05, 0.1) is 15.8 Å². The molecule has 0 radical (unpaired) electrons. The fourth-order valence-electron chi connectivity index (χ4n) is 1.65. The lowest BCUT2D eigenvalue weighted by atomic mass is 10.2. The van der Waals surface area contributed by atoms with Gasteiger partial charge < -0.3 is 9.47 Å². The van der Waals surface area contributed by atoms with Gasteiger partial charge in [0.1, 0.15) is 12.4 Å². The van der Waals surface area contributed by atoms with Crippen molar-refractivity contribution in [2.45, 2.75) is 0 Å². The van der Waals surface area contributed by atoms with E-state index in [4.69, 9.17) is 21.1 Å². The smallest absolute Gasteiger partial charge is 0.195 e. The second kappa shape index (κ2) is 7.98. The molecule has 0 saturated carbocycles. The number of hydrogen-bond acceptors (Lipinski definition) is 4. The fraction of sp³-hybridized carbons (Fsp3) is 0.188. The van der Waals surface area contributed by atoms with Gasteiger partial charge in [0.2, 0.25) is 0 Å². The highest BCUT2D eigenvalue weighted by atomic mass is 35.5. The van der Waals surface area contributed by atoms with Crippen molar-refractivity contribution in [2.75, 3.05) is 20.3 Å². The topological polar surface area (TPSA) is 35.5 Å². The van der Waals surface area contributed by atoms with Crippen LogP contribution in [0, 0.1) is 0 Å². The number of hydrogen-bond donors (Lipinski definition) is 0. The first-order valence-corrected chi connectivity index (χ1v) is 7.58. The second-order valence-corrected chi connectivity index (χ2v) is 5.93. The van der Waals surface area contributed by atoms with E-state index in [1.54, 1.807) is 25.3 Å². The van der Waals surface area contributed by atoms with Crippen LogP contribution in [0.5, 0.6) is 5.75 Å². The summed E-state index contributed by atoms with van der Waals surface area (Å²) in [6, 6.07) is 11.0. The first-order chi connectivity index (χ1) is 10.2. The lowest BCUT2D eigenvalue weighted by molar-refractivity contribution is 0.105. The lowest BCUT2D eigenvalue weighted by Gasteiger charge is -2.05. The number of allylic oxidation sites excluding steroid dienone is 1. The van der Waals surface area contributed by atoms with Crippen LogP contribution in [0.4, 0.5) is 0 Å². The number of rotatable bonds is 7. The summed E-state index contributed by atoms with van der Waals surface area (Å²) in [6.45, 7) is 1.04. The number of halogens is 1. The fourth-order valence-corrected chi connectivity index (χ4v) is 2.61. The highest BCUT2D eigenvalue weighted by molar-refractivity contribution is 7.18. The molecule has 2 aromatic rings. The van der Waals surface area contributed by atoms with Crippen LogP contribution < -0.4 is 4.74 Å². The predicted octanol–water partition coefficient (Wildman–Crippen LogP) is 4.32. The van der Waals surface area contributed by atoms with Gasteiger partial charge in [-0.2, -0.15) is 0 Å². The Morgan fingerprint density at radius 3 is 2.86 bits per heavy atom. The van der Waals surface area contributed by atoms with Crippen LogP contribution in [0.2, 0.25) is 4.34 Å². The Balaban J connectivity index is 2.00. The van der Waals surface area contributed by atoms with E-state index in [1.165, 1.54) is 17.4 Å². The van der Waals surface area contributed by atoms with Crippen LogP contribution in [-0.2, 0) is 4.74 Å². The molecule has 0 aliphatic rings. The summed E-state index contributed by atoms with van der Waals surface area (Å²) < 4.78 is 11.1. The Labute approximate surface area is 132 Å². The Hall–Kier alpha value is -1.62. The normalized spacial score (nSPS) is 11.0. The van der Waals surface area contributed by atoms with Crippen LogP contribution in [0.25, 0.3) is 6.08 Å². The number of ether oxygens (including phenoxy) is 2. The number of carbonyl (C=O) groups excluding carboxylic acids is 1. The van der Waals surface area contributed by atoms with Gasteiger partial charge in [-0.25, -0.2) is 0 Å². The number of carbonyl (C=O) groups is 1. The van der Waals surface area contributed by atoms with Crippen molar-refractivity contribution in [3.8, 4) is 5.75 Å². The molecular weight excluding hydrogens is 308 g/mol. The van der Waals surface area contributed by atoms with E-state index in [0.717, 1.165) is 11.3 Å². The third kappa shape index (κ3) is 5.01. The third-order valence-corrected chi connectivity index (χ3v) is 3.90. The van der Waals surface area contributed by atoms with Crippen LogP contribution in [0.15, 0.2) is 42.5 Å². The molecule has 110 valence electrons. The molecule has 0 spiro atoms. The number of ketones is 1. The zero-order valence-corrected chi connectivity index (χ0v) is 13.1. The number of benzene rings is 1. The molecular formula is C16H15ClO3S. The van der Waals surface area contributed by atoms with Gasteiger partial charge in [-0.15, -0.1) is 11.3 Å². The summed E-state index contributed by atoms with van der Waals surface area (Å²) in [6.07, 6.45) is 3.30. The lowest BCUT2D eigenvalue weighted by Crippen LogP contribution is -2.04. The van der Waals surface area contributed by atoms with E-state index >= 15 is 0 Å². The standard InChI is InChI=1S/C16H15ClO3S/c1-19-9-10-20-13-4-2-3-12(11-13)5-6-14(18)15-7-8-16(17)21-15/h2-8,11H,9-10H2,1H3/b6-5+. The molecule has 1 aromatic carbocycles. The van der Waals surface area contributed by atoms with Crippen molar-refractivity contribution in [1.82, 2.24) is 0 Å². The summed E-state index contributed by atoms with van der Waals surface area (Å²) in [7, 11) is 1.63. The van der Waals surface area contributed by atoms with E-state index in [1.807, 2.05) is 24.3 Å². The molecule has 0 atom stereocenters. The highest BCUT2D eigenvalue weighted by Crippen LogP contribution is 2.22.